The lowest BCUT2D eigenvalue weighted by atomic mass is 9.74. The highest BCUT2D eigenvalue weighted by Crippen LogP contribution is 2.51. The van der Waals surface area contributed by atoms with Gasteiger partial charge in [0.1, 0.15) is 12.4 Å². The van der Waals surface area contributed by atoms with Gasteiger partial charge in [-0.1, -0.05) is 36.4 Å². The van der Waals surface area contributed by atoms with Crippen LogP contribution in [-0.2, 0) is 29.6 Å². The number of carbonyl (C=O) groups excluding carboxylic acids is 1. The maximum atomic E-state index is 13.1. The number of nitrogens with zero attached hydrogens (tertiary/aromatic N) is 2. The molecule has 2 aliphatic heterocycles. The first-order valence-electron chi connectivity index (χ1n) is 10.4. The molecule has 154 valence electrons. The minimum atomic E-state index is -0.241. The molecule has 0 bridgehead atoms. The Morgan fingerprint density at radius 1 is 1.23 bits per heavy atom. The summed E-state index contributed by atoms with van der Waals surface area (Å²) in [6, 6.07) is 16.0. The molecule has 5 nitrogen and oxygen atoms in total. The van der Waals surface area contributed by atoms with E-state index in [0.29, 0.717) is 6.61 Å². The highest BCUT2D eigenvalue weighted by molar-refractivity contribution is 5.88. The van der Waals surface area contributed by atoms with Crippen molar-refractivity contribution in [3.8, 4) is 5.75 Å². The molecule has 0 amide bonds. The molecule has 0 aliphatic carbocycles. The standard InChI is InChI=1S/C25H26N2O3/c1-4-20-22(25(28)30-15-16-8-6-5-7-9-16)24-23-18(12-13-27(20)24)19-14-17(29-3)10-11-21(19)26(23)2/h4-11,14,20,22,24H,1,12-13,15H2,2-3H3/t20-,22-,24+/m1/s1. The number of rotatable bonds is 5. The van der Waals surface area contributed by atoms with Crippen LogP contribution in [0.15, 0.2) is 61.2 Å². The van der Waals surface area contributed by atoms with E-state index in [1.165, 1.54) is 22.2 Å². The minimum Gasteiger partial charge on any atom is -0.497 e. The third kappa shape index (κ3) is 2.76. The van der Waals surface area contributed by atoms with Crippen LogP contribution in [0.5, 0.6) is 5.75 Å². The van der Waals surface area contributed by atoms with Crippen molar-refractivity contribution in [1.82, 2.24) is 9.47 Å². The maximum absolute atomic E-state index is 13.1. The number of hydrogen-bond donors (Lipinski definition) is 0. The quantitative estimate of drug-likeness (QED) is 0.478. The Morgan fingerprint density at radius 3 is 2.77 bits per heavy atom. The van der Waals surface area contributed by atoms with Crippen molar-refractivity contribution < 1.29 is 14.3 Å². The van der Waals surface area contributed by atoms with Crippen LogP contribution in [0.1, 0.15) is 22.9 Å². The van der Waals surface area contributed by atoms with Crippen LogP contribution in [0.25, 0.3) is 10.9 Å². The van der Waals surface area contributed by atoms with Crippen LogP contribution in [0.4, 0.5) is 0 Å². The lowest BCUT2D eigenvalue weighted by molar-refractivity contribution is -0.167. The van der Waals surface area contributed by atoms with Gasteiger partial charge in [-0.25, -0.2) is 0 Å². The molecule has 1 saturated heterocycles. The Morgan fingerprint density at radius 2 is 2.03 bits per heavy atom. The predicted molar refractivity (Wildman–Crippen MR) is 116 cm³/mol. The van der Waals surface area contributed by atoms with Gasteiger partial charge in [0.2, 0.25) is 0 Å². The molecule has 0 saturated carbocycles. The second kappa shape index (κ2) is 7.33. The van der Waals surface area contributed by atoms with Crippen LogP contribution < -0.4 is 4.74 Å². The average Bonchev–Trinajstić information content (AvgIpc) is 3.04. The average molecular weight is 402 g/mol. The fourth-order valence-corrected chi connectivity index (χ4v) is 5.20. The van der Waals surface area contributed by atoms with Gasteiger partial charge in [0.15, 0.2) is 0 Å². The van der Waals surface area contributed by atoms with Gasteiger partial charge < -0.3 is 14.0 Å². The number of aromatic nitrogens is 1. The van der Waals surface area contributed by atoms with Gasteiger partial charge in [0.25, 0.3) is 0 Å². The molecular weight excluding hydrogens is 376 g/mol. The van der Waals surface area contributed by atoms with Crippen LogP contribution >= 0.6 is 0 Å². The molecule has 1 fully saturated rings. The lowest BCUT2D eigenvalue weighted by Crippen LogP contribution is -2.62. The van der Waals surface area contributed by atoms with Crippen molar-refractivity contribution in [3.63, 3.8) is 0 Å². The number of benzene rings is 2. The molecule has 0 radical (unpaired) electrons. The fraction of sp³-hybridized carbons (Fsp3) is 0.320. The number of fused-ring (bicyclic) bond motifs is 5. The molecule has 30 heavy (non-hydrogen) atoms. The van der Waals surface area contributed by atoms with Gasteiger partial charge in [-0.3, -0.25) is 9.69 Å². The van der Waals surface area contributed by atoms with Crippen LogP contribution in [-0.4, -0.2) is 35.1 Å². The van der Waals surface area contributed by atoms with Crippen LogP contribution in [0, 0.1) is 5.92 Å². The summed E-state index contributed by atoms with van der Waals surface area (Å²) in [6.45, 7) is 5.20. The summed E-state index contributed by atoms with van der Waals surface area (Å²) in [4.78, 5) is 15.5. The number of methoxy groups -OCH3 is 1. The second-order valence-corrected chi connectivity index (χ2v) is 8.08. The Kier molecular flexibility index (Phi) is 4.63. The Hall–Kier alpha value is -3.05. The topological polar surface area (TPSA) is 43.7 Å². The van der Waals surface area contributed by atoms with Crippen molar-refractivity contribution in [1.29, 1.82) is 0 Å². The number of aryl methyl sites for hydroxylation is 1. The summed E-state index contributed by atoms with van der Waals surface area (Å²) in [5.74, 6) is 0.464. The second-order valence-electron chi connectivity index (χ2n) is 8.08. The zero-order valence-electron chi connectivity index (χ0n) is 17.4. The summed E-state index contributed by atoms with van der Waals surface area (Å²) in [5, 5.41) is 1.21. The molecule has 2 aromatic carbocycles. The number of ether oxygens (including phenoxy) is 2. The molecule has 3 heterocycles. The van der Waals surface area contributed by atoms with Gasteiger partial charge in [-0.05, 0) is 35.7 Å². The van der Waals surface area contributed by atoms with E-state index in [2.05, 4.69) is 35.2 Å². The van der Waals surface area contributed by atoms with E-state index in [4.69, 9.17) is 9.47 Å². The number of esters is 1. The molecule has 5 rings (SSSR count). The SMILES string of the molecule is C=C[C@@H]1[C@@H](C(=O)OCc2ccccc2)[C@H]2c3c(c4cc(OC)ccc4n3C)CCN12. The lowest BCUT2D eigenvalue weighted by Gasteiger charge is -2.55. The Balaban J connectivity index is 1.49. The summed E-state index contributed by atoms with van der Waals surface area (Å²) < 4.78 is 13.4. The van der Waals surface area contributed by atoms with Crippen molar-refractivity contribution in [2.45, 2.75) is 25.1 Å². The van der Waals surface area contributed by atoms with Gasteiger partial charge in [0, 0.05) is 36.2 Å². The minimum absolute atomic E-state index is 0.0129. The Labute approximate surface area is 176 Å². The molecule has 5 heteroatoms. The molecule has 2 aliphatic rings. The molecule has 1 aromatic heterocycles. The van der Waals surface area contributed by atoms with E-state index in [1.54, 1.807) is 7.11 Å². The van der Waals surface area contributed by atoms with E-state index in [1.807, 2.05) is 42.5 Å². The smallest absolute Gasteiger partial charge is 0.313 e. The van der Waals surface area contributed by atoms with E-state index in [0.717, 1.165) is 24.3 Å². The fourth-order valence-electron chi connectivity index (χ4n) is 5.20. The largest absolute Gasteiger partial charge is 0.497 e. The summed E-state index contributed by atoms with van der Waals surface area (Å²) in [6.07, 6.45) is 2.84. The molecule has 0 spiro atoms. The summed E-state index contributed by atoms with van der Waals surface area (Å²) in [7, 11) is 3.78. The summed E-state index contributed by atoms with van der Waals surface area (Å²) >= 11 is 0. The number of hydrogen-bond acceptors (Lipinski definition) is 4. The zero-order valence-corrected chi connectivity index (χ0v) is 17.4. The first kappa shape index (κ1) is 18.9. The molecule has 3 atom stereocenters. The molecule has 0 unspecified atom stereocenters. The normalized spacial score (nSPS) is 22.7. The molecule has 0 N–H and O–H groups in total. The van der Waals surface area contributed by atoms with Crippen molar-refractivity contribution in [2.24, 2.45) is 13.0 Å². The number of carbonyl (C=O) groups is 1. The first-order valence-corrected chi connectivity index (χ1v) is 10.4. The van der Waals surface area contributed by atoms with Gasteiger partial charge in [-0.2, -0.15) is 0 Å². The summed E-state index contributed by atoms with van der Waals surface area (Å²) in [5.41, 5.74) is 4.69. The highest BCUT2D eigenvalue weighted by Gasteiger charge is 2.55. The third-order valence-corrected chi connectivity index (χ3v) is 6.65. The van der Waals surface area contributed by atoms with E-state index < -0.39 is 0 Å². The third-order valence-electron chi connectivity index (χ3n) is 6.65. The van der Waals surface area contributed by atoms with Crippen LogP contribution in [0.2, 0.25) is 0 Å². The van der Waals surface area contributed by atoms with Gasteiger partial charge >= 0.3 is 5.97 Å². The van der Waals surface area contributed by atoms with Crippen molar-refractivity contribution in [2.75, 3.05) is 13.7 Å². The first-order chi connectivity index (χ1) is 14.6. The molecule has 3 aromatic rings. The van der Waals surface area contributed by atoms with Crippen molar-refractivity contribution in [3.05, 3.63) is 78.0 Å². The van der Waals surface area contributed by atoms with E-state index >= 15 is 0 Å². The highest BCUT2D eigenvalue weighted by atomic mass is 16.5. The monoisotopic (exact) mass is 402 g/mol. The molecular formula is C25H26N2O3. The maximum Gasteiger partial charge on any atom is 0.313 e. The van der Waals surface area contributed by atoms with Crippen LogP contribution in [0.3, 0.4) is 0 Å². The predicted octanol–water partition coefficient (Wildman–Crippen LogP) is 4.01. The van der Waals surface area contributed by atoms with Gasteiger partial charge in [0.05, 0.1) is 19.1 Å². The zero-order chi connectivity index (χ0) is 20.8. The van der Waals surface area contributed by atoms with Crippen molar-refractivity contribution >= 4 is 16.9 Å². The van der Waals surface area contributed by atoms with Gasteiger partial charge in [-0.15, -0.1) is 6.58 Å². The van der Waals surface area contributed by atoms with E-state index in [-0.39, 0.29) is 24.0 Å². The Bertz CT molecular complexity index is 1120. The van der Waals surface area contributed by atoms with E-state index in [9.17, 15) is 4.79 Å².